The predicted octanol–water partition coefficient (Wildman–Crippen LogP) is 2.29. The van der Waals surface area contributed by atoms with E-state index < -0.39 is 28.8 Å². The first-order chi connectivity index (χ1) is 14.8. The Labute approximate surface area is 174 Å². The molecule has 2 aromatic heterocycles. The molecule has 31 heavy (non-hydrogen) atoms. The Morgan fingerprint density at radius 2 is 2.03 bits per heavy atom. The van der Waals surface area contributed by atoms with Crippen molar-refractivity contribution < 1.29 is 13.9 Å². The van der Waals surface area contributed by atoms with E-state index in [1.807, 2.05) is 6.07 Å². The lowest BCUT2D eigenvalue weighted by molar-refractivity contribution is -0.0343. The van der Waals surface area contributed by atoms with E-state index in [0.717, 1.165) is 12.1 Å². The zero-order valence-electron chi connectivity index (χ0n) is 16.3. The van der Waals surface area contributed by atoms with Crippen molar-refractivity contribution in [2.24, 2.45) is 0 Å². The molecular formula is C21H16F2N6O2. The molecule has 0 spiro atoms. The van der Waals surface area contributed by atoms with Crippen LogP contribution < -0.4 is 5.56 Å². The zero-order valence-corrected chi connectivity index (χ0v) is 16.3. The van der Waals surface area contributed by atoms with Crippen molar-refractivity contribution in [1.82, 2.24) is 24.3 Å². The van der Waals surface area contributed by atoms with Gasteiger partial charge in [0.25, 0.3) is 5.56 Å². The number of hydrogen-bond donors (Lipinski definition) is 1. The van der Waals surface area contributed by atoms with Crippen LogP contribution in [-0.2, 0) is 12.1 Å². The highest BCUT2D eigenvalue weighted by Crippen LogP contribution is 2.36. The Kier molecular flexibility index (Phi) is 5.04. The molecule has 0 aliphatic carbocycles. The second kappa shape index (κ2) is 7.70. The van der Waals surface area contributed by atoms with E-state index in [4.69, 9.17) is 5.26 Å². The Morgan fingerprint density at radius 1 is 1.23 bits per heavy atom. The van der Waals surface area contributed by atoms with Crippen molar-refractivity contribution in [3.8, 4) is 6.07 Å². The van der Waals surface area contributed by atoms with Gasteiger partial charge in [-0.05, 0) is 31.2 Å². The molecule has 0 saturated carbocycles. The second-order valence-corrected chi connectivity index (χ2v) is 7.12. The molecule has 10 heteroatoms. The normalized spacial score (nSPS) is 14.2. The summed E-state index contributed by atoms with van der Waals surface area (Å²) in [5.41, 5.74) is -2.02. The number of fused-ring (bicyclic) bond motifs is 1. The summed E-state index contributed by atoms with van der Waals surface area (Å²) in [6, 6.07) is 8.22. The highest BCUT2D eigenvalue weighted by Gasteiger charge is 2.41. The minimum Gasteiger partial charge on any atom is -0.381 e. The Balaban J connectivity index is 1.88. The van der Waals surface area contributed by atoms with Crippen LogP contribution in [0.4, 0.5) is 8.78 Å². The van der Waals surface area contributed by atoms with Crippen LogP contribution in [0.5, 0.6) is 0 Å². The number of rotatable bonds is 5. The van der Waals surface area contributed by atoms with Gasteiger partial charge in [0.1, 0.15) is 29.9 Å². The summed E-state index contributed by atoms with van der Waals surface area (Å²) >= 11 is 0. The predicted molar refractivity (Wildman–Crippen MR) is 106 cm³/mol. The molecule has 156 valence electrons. The topological polar surface area (TPSA) is 110 Å². The van der Waals surface area contributed by atoms with Crippen LogP contribution in [0.1, 0.15) is 24.1 Å². The fourth-order valence-corrected chi connectivity index (χ4v) is 3.55. The number of hydrogen-bond acceptors (Lipinski definition) is 6. The second-order valence-electron chi connectivity index (χ2n) is 7.12. The molecule has 4 rings (SSSR count). The molecule has 0 fully saturated rings. The van der Waals surface area contributed by atoms with E-state index in [1.54, 1.807) is 0 Å². The van der Waals surface area contributed by atoms with Crippen molar-refractivity contribution in [3.63, 3.8) is 0 Å². The van der Waals surface area contributed by atoms with Gasteiger partial charge in [-0.2, -0.15) is 10.4 Å². The third-order valence-electron chi connectivity index (χ3n) is 5.29. The molecule has 2 aromatic carbocycles. The summed E-state index contributed by atoms with van der Waals surface area (Å²) < 4.78 is 30.7. The van der Waals surface area contributed by atoms with Gasteiger partial charge in [0.2, 0.25) is 0 Å². The lowest BCUT2D eigenvalue weighted by Gasteiger charge is -2.35. The van der Waals surface area contributed by atoms with Gasteiger partial charge in [-0.15, -0.1) is 0 Å². The maximum Gasteiger partial charge on any atom is 0.261 e. The highest BCUT2D eigenvalue weighted by atomic mass is 19.1. The van der Waals surface area contributed by atoms with Gasteiger partial charge < -0.3 is 5.11 Å². The highest BCUT2D eigenvalue weighted by molar-refractivity contribution is 5.78. The zero-order chi connectivity index (χ0) is 22.2. The van der Waals surface area contributed by atoms with Gasteiger partial charge in [-0.1, -0.05) is 6.07 Å². The summed E-state index contributed by atoms with van der Waals surface area (Å²) in [6.45, 7) is 1.27. The molecular weight excluding hydrogens is 406 g/mol. The third kappa shape index (κ3) is 3.55. The molecule has 4 aromatic rings. The molecule has 0 aliphatic rings. The summed E-state index contributed by atoms with van der Waals surface area (Å²) in [6.07, 6.45) is 3.82. The van der Waals surface area contributed by atoms with E-state index in [2.05, 4.69) is 15.1 Å². The van der Waals surface area contributed by atoms with E-state index in [1.165, 1.54) is 53.4 Å². The molecule has 8 nitrogen and oxygen atoms in total. The van der Waals surface area contributed by atoms with Crippen LogP contribution in [-0.4, -0.2) is 29.4 Å². The lowest BCUT2D eigenvalue weighted by Crippen LogP contribution is -2.43. The molecule has 0 saturated heterocycles. The van der Waals surface area contributed by atoms with E-state index in [0.29, 0.717) is 17.1 Å². The van der Waals surface area contributed by atoms with Gasteiger partial charge in [0.05, 0.1) is 41.4 Å². The lowest BCUT2D eigenvalue weighted by atomic mass is 9.86. The maximum atomic E-state index is 14.7. The summed E-state index contributed by atoms with van der Waals surface area (Å²) in [7, 11) is 0. The Morgan fingerprint density at radius 3 is 2.71 bits per heavy atom. The molecule has 0 unspecified atom stereocenters. The van der Waals surface area contributed by atoms with Crippen molar-refractivity contribution in [3.05, 3.63) is 88.5 Å². The van der Waals surface area contributed by atoms with E-state index in [9.17, 15) is 18.7 Å². The summed E-state index contributed by atoms with van der Waals surface area (Å²) in [5.74, 6) is -1.76. The largest absolute Gasteiger partial charge is 0.381 e. The quantitative estimate of drug-likeness (QED) is 0.529. The SMILES string of the molecule is C[C@@H](n1cnc2cc(C#N)ccc2c1=O)[C@](O)(Cn1cncn1)c1ccc(F)cc1F. The van der Waals surface area contributed by atoms with Crippen molar-refractivity contribution in [1.29, 1.82) is 5.26 Å². The number of benzene rings is 2. The first-order valence-corrected chi connectivity index (χ1v) is 9.25. The van der Waals surface area contributed by atoms with Gasteiger partial charge in [-0.3, -0.25) is 9.36 Å². The van der Waals surface area contributed by atoms with Crippen molar-refractivity contribution in [2.45, 2.75) is 25.1 Å². The average molecular weight is 422 g/mol. The third-order valence-corrected chi connectivity index (χ3v) is 5.29. The average Bonchev–Trinajstić information content (AvgIpc) is 3.25. The van der Waals surface area contributed by atoms with E-state index in [-0.39, 0.29) is 17.5 Å². The number of aromatic nitrogens is 5. The van der Waals surface area contributed by atoms with Crippen LogP contribution in [0, 0.1) is 23.0 Å². The van der Waals surface area contributed by atoms with Crippen LogP contribution in [0.2, 0.25) is 0 Å². The minimum absolute atomic E-state index is 0.205. The van der Waals surface area contributed by atoms with Gasteiger partial charge in [-0.25, -0.2) is 23.4 Å². The summed E-state index contributed by atoms with van der Waals surface area (Å²) in [4.78, 5) is 21.2. The Hall–Kier alpha value is -3.97. The number of nitriles is 1. The van der Waals surface area contributed by atoms with Crippen LogP contribution in [0.15, 0.2) is 60.2 Å². The molecule has 2 heterocycles. The molecule has 0 radical (unpaired) electrons. The number of aliphatic hydroxyl groups is 1. The molecule has 0 bridgehead atoms. The number of nitrogens with zero attached hydrogens (tertiary/aromatic N) is 6. The minimum atomic E-state index is -2.00. The van der Waals surface area contributed by atoms with Crippen LogP contribution >= 0.6 is 0 Å². The molecule has 2 atom stereocenters. The van der Waals surface area contributed by atoms with Gasteiger partial charge >= 0.3 is 0 Å². The number of halogens is 2. The van der Waals surface area contributed by atoms with Crippen molar-refractivity contribution in [2.75, 3.05) is 0 Å². The standard InChI is InChI=1S/C21H16F2N6O2/c1-13(29-12-26-19-6-14(8-24)2-4-16(19)20(29)30)21(31,9-28-11-25-10-27-28)17-5-3-15(22)7-18(17)23/h2-7,10-13,31H,9H2,1H3/t13-,21-/m1/s1. The molecule has 0 aliphatic heterocycles. The van der Waals surface area contributed by atoms with Crippen LogP contribution in [0.3, 0.4) is 0 Å². The smallest absolute Gasteiger partial charge is 0.261 e. The summed E-state index contributed by atoms with van der Waals surface area (Å²) in [5, 5.41) is 24.9. The Bertz CT molecular complexity index is 1360. The van der Waals surface area contributed by atoms with Gasteiger partial charge in [0.15, 0.2) is 0 Å². The first-order valence-electron chi connectivity index (χ1n) is 9.25. The monoisotopic (exact) mass is 422 g/mol. The van der Waals surface area contributed by atoms with Gasteiger partial charge in [0, 0.05) is 11.6 Å². The maximum absolute atomic E-state index is 14.7. The van der Waals surface area contributed by atoms with Crippen LogP contribution in [0.25, 0.3) is 10.9 Å². The molecule has 0 amide bonds. The van der Waals surface area contributed by atoms with E-state index >= 15 is 0 Å². The molecule has 1 N–H and O–H groups in total. The fraction of sp³-hybridized carbons (Fsp3) is 0.190. The first kappa shape index (κ1) is 20.3. The fourth-order valence-electron chi connectivity index (χ4n) is 3.55. The van der Waals surface area contributed by atoms with Crippen molar-refractivity contribution >= 4 is 10.9 Å².